The zero-order chi connectivity index (χ0) is 19.7. The Morgan fingerprint density at radius 2 is 2.07 bits per heavy atom. The lowest BCUT2D eigenvalue weighted by molar-refractivity contribution is 0.416. The molecule has 0 saturated heterocycles. The van der Waals surface area contributed by atoms with Crippen LogP contribution in [0.25, 0.3) is 22.2 Å². The average molecular weight is 413 g/mol. The Hall–Kier alpha value is -2.68. The fourth-order valence-corrected chi connectivity index (χ4v) is 4.54. The lowest BCUT2D eigenvalue weighted by Crippen LogP contribution is -2.15. The predicted octanol–water partition coefficient (Wildman–Crippen LogP) is 4.63. The number of H-pyrrole nitrogens is 1. The summed E-state index contributed by atoms with van der Waals surface area (Å²) in [5.74, 6) is 0.676. The van der Waals surface area contributed by atoms with E-state index in [0.29, 0.717) is 10.6 Å². The molecule has 0 aliphatic carbocycles. The van der Waals surface area contributed by atoms with Gasteiger partial charge in [-0.15, -0.1) is 0 Å². The Labute approximate surface area is 169 Å². The quantitative estimate of drug-likeness (QED) is 0.484. The summed E-state index contributed by atoms with van der Waals surface area (Å²) in [5.41, 5.74) is 4.68. The highest BCUT2D eigenvalue weighted by atomic mass is 32.2. The maximum absolute atomic E-state index is 12.5. The molecule has 0 aliphatic rings. The number of fused-ring (bicyclic) bond motifs is 1. The van der Waals surface area contributed by atoms with E-state index in [1.54, 1.807) is 43.0 Å². The van der Waals surface area contributed by atoms with Gasteiger partial charge < -0.3 is 15.0 Å². The molecule has 0 amide bonds. The van der Waals surface area contributed by atoms with Crippen molar-refractivity contribution in [2.45, 2.75) is 4.90 Å². The molecule has 1 atom stereocenters. The van der Waals surface area contributed by atoms with E-state index < -0.39 is 11.0 Å². The summed E-state index contributed by atoms with van der Waals surface area (Å²) < 4.78 is 19.6. The highest BCUT2D eigenvalue weighted by molar-refractivity contribution is 7.82. The monoisotopic (exact) mass is 412 g/mol. The molecule has 0 fully saturated rings. The third kappa shape index (κ3) is 3.42. The Kier molecular flexibility index (Phi) is 5.17. The number of anilines is 2. The molecule has 0 radical (unpaired) electrons. The van der Waals surface area contributed by atoms with Gasteiger partial charge in [0.2, 0.25) is 0 Å². The van der Waals surface area contributed by atoms with Gasteiger partial charge in [-0.2, -0.15) is 11.3 Å². The van der Waals surface area contributed by atoms with E-state index in [2.05, 4.69) is 32.1 Å². The number of benzene rings is 1. The Morgan fingerprint density at radius 1 is 1.21 bits per heavy atom. The highest BCUT2D eigenvalue weighted by Crippen LogP contribution is 2.37. The number of aromatic nitrogens is 2. The lowest BCUT2D eigenvalue weighted by Gasteiger charge is -2.15. The molecule has 3 heterocycles. The maximum atomic E-state index is 12.5. The first-order valence-corrected chi connectivity index (χ1v) is 10.7. The maximum Gasteiger partial charge on any atom is 0.142 e. The van der Waals surface area contributed by atoms with Crippen molar-refractivity contribution >= 4 is 44.7 Å². The van der Waals surface area contributed by atoms with Gasteiger partial charge in [-0.1, -0.05) is 0 Å². The molecule has 3 aromatic heterocycles. The standard InChI is InChI=1S/C20H20N4O2S2/c1-24(2)28(25)14-4-5-18(26-3)16(10-14)23-17-11-22-20-19(17)15(6-8-21-20)13-7-9-27-12-13/h4-12,23H,1-3H3,(H,21,22). The third-order valence-electron chi connectivity index (χ3n) is 4.38. The number of hydrogen-bond acceptors (Lipinski definition) is 5. The predicted molar refractivity (Wildman–Crippen MR) is 116 cm³/mol. The topological polar surface area (TPSA) is 70.2 Å². The number of aromatic amines is 1. The minimum absolute atomic E-state index is 0.676. The first-order chi connectivity index (χ1) is 13.6. The summed E-state index contributed by atoms with van der Waals surface area (Å²) in [6.45, 7) is 0. The molecule has 0 saturated carbocycles. The summed E-state index contributed by atoms with van der Waals surface area (Å²) in [6, 6.07) is 9.60. The van der Waals surface area contributed by atoms with Crippen LogP contribution in [0.15, 0.2) is 58.4 Å². The second-order valence-corrected chi connectivity index (χ2v) is 8.83. The van der Waals surface area contributed by atoms with E-state index in [4.69, 9.17) is 4.74 Å². The molecule has 8 heteroatoms. The van der Waals surface area contributed by atoms with Crippen LogP contribution in [-0.4, -0.2) is 39.7 Å². The van der Waals surface area contributed by atoms with Crippen LogP contribution in [0.4, 0.5) is 11.4 Å². The third-order valence-corrected chi connectivity index (χ3v) is 6.38. The number of ether oxygens (including phenoxy) is 1. The van der Waals surface area contributed by atoms with Crippen LogP contribution >= 0.6 is 11.3 Å². The number of nitrogens with one attached hydrogen (secondary N) is 2. The van der Waals surface area contributed by atoms with Gasteiger partial charge in [-0.05, 0) is 66.3 Å². The van der Waals surface area contributed by atoms with Gasteiger partial charge in [0.25, 0.3) is 0 Å². The van der Waals surface area contributed by atoms with Gasteiger partial charge in [-0.25, -0.2) is 13.5 Å². The van der Waals surface area contributed by atoms with Crippen LogP contribution in [0.5, 0.6) is 5.75 Å². The molecule has 0 bridgehead atoms. The van der Waals surface area contributed by atoms with Gasteiger partial charge in [0.15, 0.2) is 0 Å². The van der Waals surface area contributed by atoms with E-state index in [-0.39, 0.29) is 0 Å². The second-order valence-electron chi connectivity index (χ2n) is 6.35. The number of pyridine rings is 1. The largest absolute Gasteiger partial charge is 0.495 e. The summed E-state index contributed by atoms with van der Waals surface area (Å²) in [6.07, 6.45) is 3.69. The summed E-state index contributed by atoms with van der Waals surface area (Å²) in [5, 5.41) is 8.62. The van der Waals surface area contributed by atoms with E-state index in [1.807, 2.05) is 30.5 Å². The highest BCUT2D eigenvalue weighted by Gasteiger charge is 2.15. The zero-order valence-corrected chi connectivity index (χ0v) is 17.4. The minimum atomic E-state index is -1.24. The number of methoxy groups -OCH3 is 1. The lowest BCUT2D eigenvalue weighted by atomic mass is 10.1. The van der Waals surface area contributed by atoms with Gasteiger partial charge >= 0.3 is 0 Å². The first kappa shape index (κ1) is 18.7. The van der Waals surface area contributed by atoms with Crippen molar-refractivity contribution in [3.05, 3.63) is 53.5 Å². The van der Waals surface area contributed by atoms with Gasteiger partial charge in [0.1, 0.15) is 22.4 Å². The van der Waals surface area contributed by atoms with Crippen LogP contribution in [0.1, 0.15) is 0 Å². The normalized spacial score (nSPS) is 12.4. The Bertz CT molecular complexity index is 1140. The van der Waals surface area contributed by atoms with Crippen LogP contribution in [0, 0.1) is 0 Å². The fraction of sp³-hybridized carbons (Fsp3) is 0.150. The van der Waals surface area contributed by atoms with Crippen molar-refractivity contribution in [2.24, 2.45) is 0 Å². The molecule has 0 aliphatic heterocycles. The first-order valence-electron chi connectivity index (χ1n) is 8.61. The van der Waals surface area contributed by atoms with Crippen LogP contribution in [-0.2, 0) is 11.0 Å². The average Bonchev–Trinajstić information content (AvgIpc) is 3.37. The van der Waals surface area contributed by atoms with Crippen LogP contribution in [0.3, 0.4) is 0 Å². The van der Waals surface area contributed by atoms with Crippen molar-refractivity contribution in [1.29, 1.82) is 0 Å². The van der Waals surface area contributed by atoms with E-state index in [0.717, 1.165) is 33.5 Å². The molecule has 2 N–H and O–H groups in total. The smallest absolute Gasteiger partial charge is 0.142 e. The van der Waals surface area contributed by atoms with Gasteiger partial charge in [0, 0.05) is 12.4 Å². The van der Waals surface area contributed by atoms with Crippen molar-refractivity contribution in [3.8, 4) is 16.9 Å². The van der Waals surface area contributed by atoms with E-state index in [1.165, 1.54) is 0 Å². The summed E-state index contributed by atoms with van der Waals surface area (Å²) in [4.78, 5) is 8.37. The molecule has 28 heavy (non-hydrogen) atoms. The summed E-state index contributed by atoms with van der Waals surface area (Å²) >= 11 is 1.66. The molecule has 4 aromatic rings. The Morgan fingerprint density at radius 3 is 2.79 bits per heavy atom. The molecule has 144 valence electrons. The van der Waals surface area contributed by atoms with Crippen LogP contribution < -0.4 is 10.1 Å². The van der Waals surface area contributed by atoms with Gasteiger partial charge in [0.05, 0.1) is 28.8 Å². The van der Waals surface area contributed by atoms with Crippen molar-refractivity contribution in [3.63, 3.8) is 0 Å². The molecular formula is C20H20N4O2S2. The van der Waals surface area contributed by atoms with E-state index in [9.17, 15) is 4.21 Å². The molecule has 4 rings (SSSR count). The van der Waals surface area contributed by atoms with Crippen molar-refractivity contribution < 1.29 is 8.95 Å². The molecule has 0 spiro atoms. The molecular weight excluding hydrogens is 392 g/mol. The van der Waals surface area contributed by atoms with E-state index >= 15 is 0 Å². The minimum Gasteiger partial charge on any atom is -0.495 e. The molecule has 1 unspecified atom stereocenters. The van der Waals surface area contributed by atoms with Crippen molar-refractivity contribution in [1.82, 2.24) is 14.3 Å². The molecule has 1 aromatic carbocycles. The fourth-order valence-electron chi connectivity index (χ4n) is 3.06. The Balaban J connectivity index is 1.81. The number of hydrogen-bond donors (Lipinski definition) is 2. The van der Waals surface area contributed by atoms with Crippen molar-refractivity contribution in [2.75, 3.05) is 26.5 Å². The van der Waals surface area contributed by atoms with Crippen LogP contribution in [0.2, 0.25) is 0 Å². The summed E-state index contributed by atoms with van der Waals surface area (Å²) in [7, 11) is 3.95. The number of nitrogens with zero attached hydrogens (tertiary/aromatic N) is 2. The number of rotatable bonds is 6. The molecule has 6 nitrogen and oxygen atoms in total. The SMILES string of the molecule is COc1ccc(S(=O)N(C)C)cc1Nc1c[nH]c2nccc(-c3ccsc3)c12. The number of thiophene rings is 1. The van der Waals surface area contributed by atoms with Gasteiger partial charge in [-0.3, -0.25) is 0 Å². The second kappa shape index (κ2) is 7.75. The zero-order valence-electron chi connectivity index (χ0n) is 15.7.